The minimum Gasteiger partial charge on any atom is -0.497 e. The monoisotopic (exact) mass is 522 g/mol. The Kier molecular flexibility index (Phi) is 7.77. The predicted octanol–water partition coefficient (Wildman–Crippen LogP) is 4.71. The largest absolute Gasteiger partial charge is 0.497 e. The number of anilines is 1. The minimum atomic E-state index is -0.0951. The summed E-state index contributed by atoms with van der Waals surface area (Å²) in [5.74, 6) is 0.551. The van der Waals surface area contributed by atoms with Gasteiger partial charge in [-0.25, -0.2) is 0 Å². The molecule has 0 N–H and O–H groups in total. The van der Waals surface area contributed by atoms with E-state index in [1.807, 2.05) is 48.7 Å². The van der Waals surface area contributed by atoms with Crippen molar-refractivity contribution < 1.29 is 14.3 Å². The number of allylic oxidation sites excluding steroid dienone is 2. The highest BCUT2D eigenvalue weighted by molar-refractivity contribution is 5.98. The van der Waals surface area contributed by atoms with Crippen molar-refractivity contribution in [3.05, 3.63) is 101 Å². The van der Waals surface area contributed by atoms with Crippen LogP contribution in [0.1, 0.15) is 28.8 Å². The molecule has 2 amide bonds. The average Bonchev–Trinajstić information content (AvgIpc) is 3.17. The van der Waals surface area contributed by atoms with Gasteiger partial charge in [0.2, 0.25) is 11.8 Å². The van der Waals surface area contributed by atoms with Crippen LogP contribution in [0.2, 0.25) is 0 Å². The highest BCUT2D eigenvalue weighted by Gasteiger charge is 2.30. The first-order valence-electron chi connectivity index (χ1n) is 13.3. The SMILES string of the molecule is COc1cccc(N2CCN(C(=O)CN3CCC=C(c4cc(C)c(C)cn4)C=C3c3ccccc3)CC2=O)c1. The van der Waals surface area contributed by atoms with E-state index in [-0.39, 0.29) is 24.9 Å². The summed E-state index contributed by atoms with van der Waals surface area (Å²) >= 11 is 0. The fourth-order valence-electron chi connectivity index (χ4n) is 4.99. The second kappa shape index (κ2) is 11.6. The van der Waals surface area contributed by atoms with Gasteiger partial charge in [-0.15, -0.1) is 0 Å². The van der Waals surface area contributed by atoms with Crippen LogP contribution in [-0.2, 0) is 9.59 Å². The van der Waals surface area contributed by atoms with E-state index in [4.69, 9.17) is 4.74 Å². The van der Waals surface area contributed by atoms with Crippen molar-refractivity contribution in [1.82, 2.24) is 14.8 Å². The van der Waals surface area contributed by atoms with Crippen LogP contribution in [0.15, 0.2) is 79.0 Å². The number of aromatic nitrogens is 1. The first-order valence-corrected chi connectivity index (χ1v) is 13.3. The van der Waals surface area contributed by atoms with Gasteiger partial charge < -0.3 is 19.4 Å². The molecular formula is C32H34N4O3. The second-order valence-electron chi connectivity index (χ2n) is 9.98. The summed E-state index contributed by atoms with van der Waals surface area (Å²) < 4.78 is 5.31. The fraction of sp³-hybridized carbons (Fsp3) is 0.281. The Balaban J connectivity index is 1.34. The van der Waals surface area contributed by atoms with E-state index >= 15 is 0 Å². The average molecular weight is 523 g/mol. The van der Waals surface area contributed by atoms with Crippen LogP contribution < -0.4 is 9.64 Å². The zero-order chi connectivity index (χ0) is 27.4. The summed E-state index contributed by atoms with van der Waals surface area (Å²) in [5, 5.41) is 0. The zero-order valence-electron chi connectivity index (χ0n) is 22.8. The smallest absolute Gasteiger partial charge is 0.246 e. The number of piperazine rings is 1. The van der Waals surface area contributed by atoms with E-state index in [1.54, 1.807) is 16.9 Å². The number of carbonyl (C=O) groups is 2. The second-order valence-corrected chi connectivity index (χ2v) is 9.98. The van der Waals surface area contributed by atoms with Crippen LogP contribution in [0, 0.1) is 13.8 Å². The summed E-state index contributed by atoms with van der Waals surface area (Å²) in [7, 11) is 1.61. The number of rotatable bonds is 6. The lowest BCUT2D eigenvalue weighted by molar-refractivity contribution is -0.137. The maximum Gasteiger partial charge on any atom is 0.246 e. The molecule has 0 saturated carbocycles. The van der Waals surface area contributed by atoms with Gasteiger partial charge in [0.05, 0.1) is 19.3 Å². The minimum absolute atomic E-state index is 0.0526. The standard InChI is InChI=1S/C32H34N4O3/c1-23-17-29(33-20-24(23)2)26-11-8-14-34(30(18-26)25-9-5-4-6-10-25)21-31(37)35-15-16-36(32(38)22-35)27-12-7-13-28(19-27)39-3/h4-7,9-13,17-20H,8,14-16,21-22H2,1-3H3. The molecule has 0 aliphatic carbocycles. The molecule has 0 unspecified atom stereocenters. The molecule has 7 heteroatoms. The molecule has 1 saturated heterocycles. The van der Waals surface area contributed by atoms with E-state index < -0.39 is 0 Å². The van der Waals surface area contributed by atoms with Crippen LogP contribution in [-0.4, -0.2) is 66.4 Å². The van der Waals surface area contributed by atoms with E-state index in [0.717, 1.165) is 40.2 Å². The molecule has 0 bridgehead atoms. The quantitative estimate of drug-likeness (QED) is 0.469. The molecule has 2 aromatic carbocycles. The van der Waals surface area contributed by atoms with E-state index in [1.165, 1.54) is 5.56 Å². The number of hydrogen-bond donors (Lipinski definition) is 0. The van der Waals surface area contributed by atoms with Gasteiger partial charge in [-0.3, -0.25) is 14.6 Å². The Hall–Kier alpha value is -4.39. The van der Waals surface area contributed by atoms with Crippen LogP contribution >= 0.6 is 0 Å². The highest BCUT2D eigenvalue weighted by atomic mass is 16.5. The fourth-order valence-corrected chi connectivity index (χ4v) is 4.99. The van der Waals surface area contributed by atoms with Crippen molar-refractivity contribution in [2.75, 3.05) is 44.7 Å². The molecule has 1 aromatic heterocycles. The molecule has 1 fully saturated rings. The molecule has 7 nitrogen and oxygen atoms in total. The molecule has 39 heavy (non-hydrogen) atoms. The molecule has 0 spiro atoms. The van der Waals surface area contributed by atoms with Crippen molar-refractivity contribution in [2.24, 2.45) is 0 Å². The van der Waals surface area contributed by atoms with Crippen molar-refractivity contribution >= 4 is 28.8 Å². The van der Waals surface area contributed by atoms with Crippen molar-refractivity contribution in [1.29, 1.82) is 0 Å². The number of aryl methyl sites for hydroxylation is 2. The molecule has 0 atom stereocenters. The Bertz CT molecular complexity index is 1430. The molecule has 2 aliphatic heterocycles. The van der Waals surface area contributed by atoms with Crippen LogP contribution in [0.5, 0.6) is 5.75 Å². The van der Waals surface area contributed by atoms with Crippen LogP contribution in [0.25, 0.3) is 11.3 Å². The van der Waals surface area contributed by atoms with E-state index in [9.17, 15) is 9.59 Å². The van der Waals surface area contributed by atoms with Gasteiger partial charge in [0.25, 0.3) is 0 Å². The van der Waals surface area contributed by atoms with Crippen molar-refractivity contribution in [2.45, 2.75) is 20.3 Å². The lowest BCUT2D eigenvalue weighted by atomic mass is 10.0. The number of benzene rings is 2. The molecule has 3 heterocycles. The third-order valence-electron chi connectivity index (χ3n) is 7.40. The zero-order valence-corrected chi connectivity index (χ0v) is 22.8. The predicted molar refractivity (Wildman–Crippen MR) is 154 cm³/mol. The molecule has 200 valence electrons. The number of methoxy groups -OCH3 is 1. The molecule has 0 radical (unpaired) electrons. The number of ether oxygens (including phenoxy) is 1. The first-order chi connectivity index (χ1) is 18.9. The third kappa shape index (κ3) is 5.87. The number of amides is 2. The molecular weight excluding hydrogens is 488 g/mol. The summed E-state index contributed by atoms with van der Waals surface area (Å²) in [6, 6.07) is 19.7. The van der Waals surface area contributed by atoms with Gasteiger partial charge in [-0.1, -0.05) is 42.5 Å². The summed E-state index contributed by atoms with van der Waals surface area (Å²) in [6.45, 7) is 6.05. The Morgan fingerprint density at radius 2 is 1.79 bits per heavy atom. The molecule has 5 rings (SSSR count). The van der Waals surface area contributed by atoms with E-state index in [2.05, 4.69) is 54.1 Å². The first kappa shape index (κ1) is 26.2. The number of nitrogens with zero attached hydrogens (tertiary/aromatic N) is 4. The van der Waals surface area contributed by atoms with Gasteiger partial charge in [0.1, 0.15) is 12.3 Å². The van der Waals surface area contributed by atoms with Gasteiger partial charge in [-0.05, 0) is 66.8 Å². The number of pyridine rings is 1. The highest BCUT2D eigenvalue weighted by Crippen LogP contribution is 2.29. The number of hydrogen-bond acceptors (Lipinski definition) is 5. The Labute approximate surface area is 230 Å². The van der Waals surface area contributed by atoms with Gasteiger partial charge >= 0.3 is 0 Å². The van der Waals surface area contributed by atoms with Crippen molar-refractivity contribution in [3.8, 4) is 5.75 Å². The summed E-state index contributed by atoms with van der Waals surface area (Å²) in [6.07, 6.45) is 7.03. The maximum absolute atomic E-state index is 13.5. The van der Waals surface area contributed by atoms with Gasteiger partial charge in [0, 0.05) is 43.3 Å². The van der Waals surface area contributed by atoms with Gasteiger partial charge in [0.15, 0.2) is 0 Å². The molecule has 2 aliphatic rings. The van der Waals surface area contributed by atoms with Crippen LogP contribution in [0.4, 0.5) is 5.69 Å². The summed E-state index contributed by atoms with van der Waals surface area (Å²) in [4.78, 5) is 36.8. The Morgan fingerprint density at radius 1 is 0.974 bits per heavy atom. The van der Waals surface area contributed by atoms with E-state index in [0.29, 0.717) is 25.4 Å². The van der Waals surface area contributed by atoms with Crippen molar-refractivity contribution in [3.63, 3.8) is 0 Å². The third-order valence-corrected chi connectivity index (χ3v) is 7.40. The maximum atomic E-state index is 13.5. The Morgan fingerprint density at radius 3 is 2.54 bits per heavy atom. The lowest BCUT2D eigenvalue weighted by Crippen LogP contribution is -2.54. The topological polar surface area (TPSA) is 66.0 Å². The summed E-state index contributed by atoms with van der Waals surface area (Å²) in [5.41, 5.74) is 7.15. The normalized spacial score (nSPS) is 16.0. The van der Waals surface area contributed by atoms with Gasteiger partial charge in [-0.2, -0.15) is 0 Å². The van der Waals surface area contributed by atoms with Crippen LogP contribution in [0.3, 0.4) is 0 Å². The molecule has 3 aromatic rings. The lowest BCUT2D eigenvalue weighted by Gasteiger charge is -2.36. The number of carbonyl (C=O) groups excluding carboxylic acids is 2.